The van der Waals surface area contributed by atoms with Crippen LogP contribution in [0.3, 0.4) is 0 Å². The van der Waals surface area contributed by atoms with Crippen LogP contribution in [0.5, 0.6) is 11.5 Å². The van der Waals surface area contributed by atoms with Gasteiger partial charge in [0.05, 0.1) is 9.79 Å². The van der Waals surface area contributed by atoms with Crippen LogP contribution in [-0.4, -0.2) is 10.2 Å². The Morgan fingerprint density at radius 3 is 1.29 bits per heavy atom. The summed E-state index contributed by atoms with van der Waals surface area (Å²) in [6, 6.07) is 24.2. The lowest BCUT2D eigenvalue weighted by Gasteiger charge is -2.13. The van der Waals surface area contributed by atoms with E-state index in [1.807, 2.05) is 86.7 Å². The number of aromatic hydroxyl groups is 2. The molecule has 4 aromatic rings. The average molecular weight is 479 g/mol. The van der Waals surface area contributed by atoms with Crippen molar-refractivity contribution >= 4 is 36.1 Å². The molecule has 176 valence electrons. The van der Waals surface area contributed by atoms with Crippen LogP contribution >= 0.6 is 11.8 Å². The molecule has 0 saturated carbocycles. The van der Waals surface area contributed by atoms with Crippen molar-refractivity contribution in [1.82, 2.24) is 0 Å². The monoisotopic (exact) mass is 478 g/mol. The Kier molecular flexibility index (Phi) is 7.48. The molecule has 35 heavy (non-hydrogen) atoms. The van der Waals surface area contributed by atoms with Gasteiger partial charge >= 0.3 is 0 Å². The average Bonchev–Trinajstić information content (AvgIpc) is 2.83. The van der Waals surface area contributed by atoms with Gasteiger partial charge in [0.25, 0.3) is 0 Å². The molecule has 4 aromatic carbocycles. The largest absolute Gasteiger partial charge is 0.506 e. The highest BCUT2D eigenvalue weighted by atomic mass is 32.2. The van der Waals surface area contributed by atoms with Gasteiger partial charge in [0.15, 0.2) is 0 Å². The molecule has 0 unspecified atom stereocenters. The number of hydrogen-bond donors (Lipinski definition) is 2. The van der Waals surface area contributed by atoms with Crippen LogP contribution in [0, 0.1) is 27.7 Å². The van der Waals surface area contributed by atoms with Gasteiger partial charge in [-0.3, -0.25) is 0 Å². The third-order valence-corrected chi connectivity index (χ3v) is 7.04. The SMILES string of the molecule is Cc1cc(/C=C/c2ccccc2C)c(O)c(Sc2cc(C)cc(/C=C/c3ccccc3C)c2O)c1. The molecule has 0 spiro atoms. The third kappa shape index (κ3) is 5.87. The Balaban J connectivity index is 1.66. The fourth-order valence-corrected chi connectivity index (χ4v) is 5.14. The van der Waals surface area contributed by atoms with Gasteiger partial charge in [-0.05, 0) is 85.3 Å². The van der Waals surface area contributed by atoms with E-state index in [1.165, 1.54) is 22.9 Å². The summed E-state index contributed by atoms with van der Waals surface area (Å²) in [7, 11) is 0. The Morgan fingerprint density at radius 1 is 0.514 bits per heavy atom. The van der Waals surface area contributed by atoms with Crippen LogP contribution in [-0.2, 0) is 0 Å². The molecule has 2 nitrogen and oxygen atoms in total. The van der Waals surface area contributed by atoms with E-state index in [0.29, 0.717) is 9.79 Å². The normalized spacial score (nSPS) is 11.5. The summed E-state index contributed by atoms with van der Waals surface area (Å²) in [4.78, 5) is 1.42. The molecule has 0 bridgehead atoms. The first-order chi connectivity index (χ1) is 16.8. The molecule has 0 fully saturated rings. The second-order valence-electron chi connectivity index (χ2n) is 8.88. The molecule has 0 aliphatic heterocycles. The van der Waals surface area contributed by atoms with Crippen LogP contribution in [0.15, 0.2) is 82.6 Å². The Morgan fingerprint density at radius 2 is 0.886 bits per heavy atom. The van der Waals surface area contributed by atoms with E-state index < -0.39 is 0 Å². The molecule has 4 rings (SSSR count). The Bertz CT molecular complexity index is 1320. The van der Waals surface area contributed by atoms with Crippen molar-refractivity contribution in [3.63, 3.8) is 0 Å². The maximum Gasteiger partial charge on any atom is 0.136 e. The Labute approximate surface area is 212 Å². The summed E-state index contributed by atoms with van der Waals surface area (Å²) in [5.41, 5.74) is 8.18. The van der Waals surface area contributed by atoms with Crippen molar-refractivity contribution < 1.29 is 10.2 Å². The number of rotatable bonds is 6. The van der Waals surface area contributed by atoms with Gasteiger partial charge in [-0.2, -0.15) is 0 Å². The molecular weight excluding hydrogens is 448 g/mol. The minimum atomic E-state index is 0.211. The van der Waals surface area contributed by atoms with E-state index in [9.17, 15) is 10.2 Å². The first-order valence-electron chi connectivity index (χ1n) is 11.6. The topological polar surface area (TPSA) is 40.5 Å². The summed E-state index contributed by atoms with van der Waals surface area (Å²) in [6.07, 6.45) is 7.94. The fraction of sp³-hybridized carbons (Fsp3) is 0.125. The minimum absolute atomic E-state index is 0.211. The zero-order chi connectivity index (χ0) is 24.9. The van der Waals surface area contributed by atoms with Crippen molar-refractivity contribution in [2.75, 3.05) is 0 Å². The Hall–Kier alpha value is -3.69. The van der Waals surface area contributed by atoms with E-state index in [2.05, 4.69) is 38.1 Å². The maximum absolute atomic E-state index is 11.1. The van der Waals surface area contributed by atoms with Gasteiger partial charge in [-0.1, -0.05) is 84.6 Å². The van der Waals surface area contributed by atoms with E-state index >= 15 is 0 Å². The van der Waals surface area contributed by atoms with Crippen molar-refractivity contribution in [3.05, 3.63) is 117 Å². The van der Waals surface area contributed by atoms with Crippen molar-refractivity contribution in [2.24, 2.45) is 0 Å². The first kappa shape index (κ1) is 24.4. The molecule has 0 heterocycles. The van der Waals surface area contributed by atoms with E-state index in [1.54, 1.807) is 0 Å². The van der Waals surface area contributed by atoms with Gasteiger partial charge in [0, 0.05) is 11.1 Å². The lowest BCUT2D eigenvalue weighted by molar-refractivity contribution is 0.458. The quantitative estimate of drug-likeness (QED) is 0.272. The predicted molar refractivity (Wildman–Crippen MR) is 150 cm³/mol. The van der Waals surface area contributed by atoms with E-state index in [-0.39, 0.29) is 11.5 Å². The minimum Gasteiger partial charge on any atom is -0.506 e. The highest BCUT2D eigenvalue weighted by molar-refractivity contribution is 7.99. The fourth-order valence-electron chi connectivity index (χ4n) is 3.98. The molecule has 0 amide bonds. The standard InChI is InChI=1S/C32H30O2S/c1-21-17-27(15-13-25-11-7-5-9-23(25)3)31(33)29(19-21)35-30-20-22(2)18-28(32(30)34)16-14-26-12-8-6-10-24(26)4/h5-20,33-34H,1-4H3/b15-13+,16-14+. The zero-order valence-electron chi connectivity index (χ0n) is 20.5. The molecule has 0 saturated heterocycles. The van der Waals surface area contributed by atoms with Crippen LogP contribution < -0.4 is 0 Å². The number of phenolic OH excluding ortho intramolecular Hbond substituents is 2. The summed E-state index contributed by atoms with van der Waals surface area (Å²) in [5.74, 6) is 0.423. The summed E-state index contributed by atoms with van der Waals surface area (Å²) < 4.78 is 0. The lowest BCUT2D eigenvalue weighted by atomic mass is 10.1. The van der Waals surface area contributed by atoms with Crippen LogP contribution in [0.1, 0.15) is 44.5 Å². The molecular formula is C32H30O2S. The highest BCUT2D eigenvalue weighted by Crippen LogP contribution is 2.43. The van der Waals surface area contributed by atoms with Crippen LogP contribution in [0.25, 0.3) is 24.3 Å². The molecule has 3 heteroatoms. The summed E-state index contributed by atoms with van der Waals surface area (Å²) >= 11 is 1.38. The van der Waals surface area contributed by atoms with Crippen LogP contribution in [0.4, 0.5) is 0 Å². The molecule has 0 aliphatic carbocycles. The highest BCUT2D eigenvalue weighted by Gasteiger charge is 2.14. The molecule has 2 N–H and O–H groups in total. The number of phenols is 2. The summed E-state index contributed by atoms with van der Waals surface area (Å²) in [5, 5.41) is 22.1. The summed E-state index contributed by atoms with van der Waals surface area (Å²) in [6.45, 7) is 8.17. The second-order valence-corrected chi connectivity index (χ2v) is 9.97. The van der Waals surface area contributed by atoms with Gasteiger partial charge in [-0.15, -0.1) is 0 Å². The molecule has 0 aromatic heterocycles. The van der Waals surface area contributed by atoms with Gasteiger partial charge in [-0.25, -0.2) is 0 Å². The zero-order valence-corrected chi connectivity index (χ0v) is 21.4. The molecule has 0 radical (unpaired) electrons. The smallest absolute Gasteiger partial charge is 0.136 e. The predicted octanol–water partition coefficient (Wildman–Crippen LogP) is 8.82. The maximum atomic E-state index is 11.1. The van der Waals surface area contributed by atoms with Crippen molar-refractivity contribution in [2.45, 2.75) is 37.5 Å². The second kappa shape index (κ2) is 10.7. The number of benzene rings is 4. The van der Waals surface area contributed by atoms with Crippen LogP contribution in [0.2, 0.25) is 0 Å². The van der Waals surface area contributed by atoms with Crippen molar-refractivity contribution in [1.29, 1.82) is 0 Å². The molecule has 0 aliphatic rings. The number of hydrogen-bond acceptors (Lipinski definition) is 3. The molecule has 0 atom stereocenters. The van der Waals surface area contributed by atoms with E-state index in [4.69, 9.17) is 0 Å². The third-order valence-electron chi connectivity index (χ3n) is 5.98. The number of aryl methyl sites for hydroxylation is 4. The van der Waals surface area contributed by atoms with Crippen molar-refractivity contribution in [3.8, 4) is 11.5 Å². The van der Waals surface area contributed by atoms with E-state index in [0.717, 1.165) is 33.4 Å². The van der Waals surface area contributed by atoms with Gasteiger partial charge < -0.3 is 10.2 Å². The van der Waals surface area contributed by atoms with Gasteiger partial charge in [0.1, 0.15) is 11.5 Å². The first-order valence-corrected chi connectivity index (χ1v) is 12.5. The van der Waals surface area contributed by atoms with Gasteiger partial charge in [0.2, 0.25) is 0 Å². The lowest BCUT2D eigenvalue weighted by Crippen LogP contribution is -1.87.